The van der Waals surface area contributed by atoms with Crippen molar-refractivity contribution in [3.05, 3.63) is 18.2 Å². The molecule has 5 heteroatoms. The zero-order chi connectivity index (χ0) is 13.2. The molecule has 2 unspecified atom stereocenters. The van der Waals surface area contributed by atoms with Crippen LogP contribution in [0, 0.1) is 0 Å². The summed E-state index contributed by atoms with van der Waals surface area (Å²) in [5, 5.41) is 13.4. The van der Waals surface area contributed by atoms with E-state index in [1.165, 1.54) is 6.42 Å². The number of benzene rings is 1. The second-order valence-electron chi connectivity index (χ2n) is 5.32. The highest BCUT2D eigenvalue weighted by Gasteiger charge is 2.22. The number of aliphatic hydroxyl groups excluding tert-OH is 1. The minimum atomic E-state index is -0.291. The van der Waals surface area contributed by atoms with E-state index < -0.39 is 0 Å². The molecule has 0 saturated heterocycles. The number of fused-ring (bicyclic) bond motifs is 1. The van der Waals surface area contributed by atoms with Crippen molar-refractivity contribution in [3.63, 3.8) is 0 Å². The molecule has 1 fully saturated rings. The van der Waals surface area contributed by atoms with Gasteiger partial charge in [-0.05, 0) is 31.0 Å². The average Bonchev–Trinajstić information content (AvgIpc) is 2.66. The number of aromatic nitrogens is 2. The summed E-state index contributed by atoms with van der Waals surface area (Å²) < 4.78 is 0. The number of hydrogen-bond donors (Lipinski definition) is 4. The Balaban J connectivity index is 1.80. The van der Waals surface area contributed by atoms with Gasteiger partial charge in [0.2, 0.25) is 5.95 Å². The predicted molar refractivity (Wildman–Crippen MR) is 77.0 cm³/mol. The van der Waals surface area contributed by atoms with Gasteiger partial charge in [0.15, 0.2) is 0 Å². The molecule has 1 aromatic carbocycles. The van der Waals surface area contributed by atoms with E-state index in [0.717, 1.165) is 42.4 Å². The van der Waals surface area contributed by atoms with Crippen LogP contribution in [-0.4, -0.2) is 27.2 Å². The fourth-order valence-corrected chi connectivity index (χ4v) is 2.73. The summed E-state index contributed by atoms with van der Waals surface area (Å²) in [4.78, 5) is 7.69. The number of imidazole rings is 1. The van der Waals surface area contributed by atoms with E-state index in [9.17, 15) is 5.11 Å². The molecule has 1 saturated carbocycles. The number of rotatable bonds is 2. The van der Waals surface area contributed by atoms with Gasteiger partial charge in [-0.2, -0.15) is 0 Å². The molecule has 0 spiro atoms. The quantitative estimate of drug-likeness (QED) is 0.492. The van der Waals surface area contributed by atoms with Gasteiger partial charge in [0, 0.05) is 5.69 Å². The van der Waals surface area contributed by atoms with Crippen molar-refractivity contribution in [3.8, 4) is 0 Å². The first kappa shape index (κ1) is 12.3. The fourth-order valence-electron chi connectivity index (χ4n) is 2.73. The summed E-state index contributed by atoms with van der Waals surface area (Å²) in [6.45, 7) is 0. The normalized spacial score (nSPS) is 24.3. The van der Waals surface area contributed by atoms with Crippen LogP contribution in [0.2, 0.25) is 0 Å². The van der Waals surface area contributed by atoms with Crippen molar-refractivity contribution >= 4 is 22.7 Å². The van der Waals surface area contributed by atoms with Crippen LogP contribution in [0.4, 0.5) is 11.6 Å². The van der Waals surface area contributed by atoms with Gasteiger partial charge in [-0.1, -0.05) is 19.3 Å². The van der Waals surface area contributed by atoms with Gasteiger partial charge in [-0.3, -0.25) is 0 Å². The van der Waals surface area contributed by atoms with Gasteiger partial charge in [0.25, 0.3) is 0 Å². The van der Waals surface area contributed by atoms with Crippen molar-refractivity contribution in [2.45, 2.75) is 44.2 Å². The third-order valence-corrected chi connectivity index (χ3v) is 3.81. The zero-order valence-corrected chi connectivity index (χ0v) is 10.9. The molecule has 0 amide bonds. The molecule has 5 nitrogen and oxygen atoms in total. The fraction of sp³-hybridized carbons (Fsp3) is 0.500. The first-order valence-electron chi connectivity index (χ1n) is 6.92. The van der Waals surface area contributed by atoms with Crippen LogP contribution in [-0.2, 0) is 0 Å². The Kier molecular flexibility index (Phi) is 3.29. The Morgan fingerprint density at radius 1 is 1.26 bits per heavy atom. The van der Waals surface area contributed by atoms with Gasteiger partial charge >= 0.3 is 0 Å². The minimum absolute atomic E-state index is 0.0837. The van der Waals surface area contributed by atoms with Crippen LogP contribution < -0.4 is 11.1 Å². The summed E-state index contributed by atoms with van der Waals surface area (Å²) in [5.74, 6) is 0.714. The number of aromatic amines is 1. The molecule has 1 aromatic heterocycles. The first-order valence-corrected chi connectivity index (χ1v) is 6.92. The summed E-state index contributed by atoms with van der Waals surface area (Å²) >= 11 is 0. The second kappa shape index (κ2) is 5.09. The Bertz CT molecular complexity index is 566. The molecule has 3 rings (SSSR count). The van der Waals surface area contributed by atoms with Gasteiger partial charge in [0.05, 0.1) is 23.2 Å². The topological polar surface area (TPSA) is 87.0 Å². The Morgan fingerprint density at radius 2 is 2.11 bits per heavy atom. The van der Waals surface area contributed by atoms with Crippen LogP contribution >= 0.6 is 0 Å². The molecule has 19 heavy (non-hydrogen) atoms. The number of nitrogens with one attached hydrogen (secondary N) is 2. The van der Waals surface area contributed by atoms with Gasteiger partial charge < -0.3 is 21.1 Å². The standard InChI is InChI=1S/C14H20N4O/c15-9-6-7-10-12(8-9)18-14(16-10)17-11-4-2-1-3-5-13(11)19/h6-8,11,13,19H,1-5,15H2,(H2,16,17,18). The molecule has 0 bridgehead atoms. The molecule has 1 aliphatic rings. The predicted octanol–water partition coefficient (Wildman–Crippen LogP) is 2.25. The highest BCUT2D eigenvalue weighted by Crippen LogP contribution is 2.22. The number of nitrogens with zero attached hydrogens (tertiary/aromatic N) is 1. The van der Waals surface area contributed by atoms with Crippen molar-refractivity contribution in [2.24, 2.45) is 0 Å². The number of nitrogen functional groups attached to an aromatic ring is 1. The highest BCUT2D eigenvalue weighted by atomic mass is 16.3. The molecule has 2 atom stereocenters. The molecule has 0 radical (unpaired) electrons. The van der Waals surface area contributed by atoms with Crippen LogP contribution in [0.25, 0.3) is 11.0 Å². The third kappa shape index (κ3) is 2.66. The van der Waals surface area contributed by atoms with Crippen LogP contribution in [0.1, 0.15) is 32.1 Å². The van der Waals surface area contributed by atoms with Crippen molar-refractivity contribution < 1.29 is 5.11 Å². The number of H-pyrrole nitrogens is 1. The molecule has 0 aliphatic heterocycles. The lowest BCUT2D eigenvalue weighted by Gasteiger charge is -2.21. The molecular weight excluding hydrogens is 240 g/mol. The molecule has 2 aromatic rings. The lowest BCUT2D eigenvalue weighted by molar-refractivity contribution is 0.144. The van der Waals surface area contributed by atoms with Crippen LogP contribution in [0.5, 0.6) is 0 Å². The highest BCUT2D eigenvalue weighted by molar-refractivity contribution is 5.80. The summed E-state index contributed by atoms with van der Waals surface area (Å²) in [6.07, 6.45) is 5.02. The van der Waals surface area contributed by atoms with E-state index in [2.05, 4.69) is 15.3 Å². The van der Waals surface area contributed by atoms with Crippen molar-refractivity contribution in [2.75, 3.05) is 11.1 Å². The number of nitrogens with two attached hydrogens (primary N) is 1. The third-order valence-electron chi connectivity index (χ3n) is 3.81. The van der Waals surface area contributed by atoms with Crippen molar-refractivity contribution in [1.82, 2.24) is 9.97 Å². The first-order chi connectivity index (χ1) is 9.22. The van der Waals surface area contributed by atoms with E-state index in [4.69, 9.17) is 5.73 Å². The molecule has 1 heterocycles. The smallest absolute Gasteiger partial charge is 0.201 e. The maximum atomic E-state index is 10.1. The van der Waals surface area contributed by atoms with E-state index in [1.807, 2.05) is 18.2 Å². The SMILES string of the molecule is Nc1ccc2nc(NC3CCCCCC3O)[nH]c2c1. The molecular formula is C14H20N4O. The number of hydrogen-bond acceptors (Lipinski definition) is 4. The summed E-state index contributed by atoms with van der Waals surface area (Å²) in [5.41, 5.74) is 8.28. The second-order valence-corrected chi connectivity index (χ2v) is 5.32. The van der Waals surface area contributed by atoms with Gasteiger partial charge in [0.1, 0.15) is 0 Å². The Morgan fingerprint density at radius 3 is 3.00 bits per heavy atom. The Labute approximate surface area is 112 Å². The molecule has 5 N–H and O–H groups in total. The van der Waals surface area contributed by atoms with Gasteiger partial charge in [-0.25, -0.2) is 4.98 Å². The molecule has 102 valence electrons. The Hall–Kier alpha value is -1.75. The zero-order valence-electron chi connectivity index (χ0n) is 10.9. The monoisotopic (exact) mass is 260 g/mol. The summed E-state index contributed by atoms with van der Waals surface area (Å²) in [6, 6.07) is 5.70. The molecule has 1 aliphatic carbocycles. The number of anilines is 2. The maximum absolute atomic E-state index is 10.1. The lowest BCUT2D eigenvalue weighted by Crippen LogP contribution is -2.32. The van der Waals surface area contributed by atoms with E-state index in [-0.39, 0.29) is 12.1 Å². The van der Waals surface area contributed by atoms with Crippen molar-refractivity contribution in [1.29, 1.82) is 0 Å². The van der Waals surface area contributed by atoms with Crippen LogP contribution in [0.3, 0.4) is 0 Å². The lowest BCUT2D eigenvalue weighted by atomic mass is 10.1. The maximum Gasteiger partial charge on any atom is 0.201 e. The van der Waals surface area contributed by atoms with Crippen LogP contribution in [0.15, 0.2) is 18.2 Å². The van der Waals surface area contributed by atoms with E-state index >= 15 is 0 Å². The summed E-state index contributed by atoms with van der Waals surface area (Å²) in [7, 11) is 0. The minimum Gasteiger partial charge on any atom is -0.399 e. The van der Waals surface area contributed by atoms with E-state index in [1.54, 1.807) is 0 Å². The number of aliphatic hydroxyl groups is 1. The van der Waals surface area contributed by atoms with E-state index in [0.29, 0.717) is 5.95 Å². The van der Waals surface area contributed by atoms with Gasteiger partial charge in [-0.15, -0.1) is 0 Å². The average molecular weight is 260 g/mol. The largest absolute Gasteiger partial charge is 0.399 e.